The summed E-state index contributed by atoms with van der Waals surface area (Å²) in [7, 11) is 0. The lowest BCUT2D eigenvalue weighted by atomic mass is 10.3. The maximum atomic E-state index is 9.39. The van der Waals surface area contributed by atoms with Gasteiger partial charge in [-0.05, 0) is 12.8 Å². The summed E-state index contributed by atoms with van der Waals surface area (Å²) in [6.07, 6.45) is 2.70. The normalized spacial score (nSPS) is 21.9. The number of aliphatic hydroxyl groups excluding tert-OH is 1. The number of anilines is 1. The molecule has 4 nitrogen and oxygen atoms in total. The van der Waals surface area contributed by atoms with Gasteiger partial charge in [-0.25, -0.2) is 4.98 Å². The smallest absolute Gasteiger partial charge is 0.205 e. The van der Waals surface area contributed by atoms with Crippen LogP contribution in [0.4, 0.5) is 5.13 Å². The fourth-order valence-corrected chi connectivity index (χ4v) is 2.36. The molecule has 14 heavy (non-hydrogen) atoms. The number of aromatic nitrogens is 2. The van der Waals surface area contributed by atoms with Crippen molar-refractivity contribution in [1.29, 1.82) is 0 Å². The predicted octanol–water partition coefficient (Wildman–Crippen LogP) is 1.06. The molecule has 1 fully saturated rings. The van der Waals surface area contributed by atoms with E-state index in [0.29, 0.717) is 6.54 Å². The quantitative estimate of drug-likeness (QED) is 0.815. The lowest BCUT2D eigenvalue weighted by Crippen LogP contribution is -2.20. The van der Waals surface area contributed by atoms with Gasteiger partial charge in [-0.2, -0.15) is 4.37 Å². The molecule has 2 rings (SSSR count). The molecule has 0 amide bonds. The molecular weight excluding hydrogens is 198 g/mol. The zero-order valence-corrected chi connectivity index (χ0v) is 9.13. The lowest BCUT2D eigenvalue weighted by molar-refractivity contribution is 0.198. The summed E-state index contributed by atoms with van der Waals surface area (Å²) in [6.45, 7) is 3.74. The van der Waals surface area contributed by atoms with Gasteiger partial charge in [0, 0.05) is 31.0 Å². The predicted molar refractivity (Wildman–Crippen MR) is 56.7 cm³/mol. The Morgan fingerprint density at radius 1 is 1.64 bits per heavy atom. The van der Waals surface area contributed by atoms with Gasteiger partial charge in [-0.15, -0.1) is 0 Å². The molecule has 1 N–H and O–H groups in total. The van der Waals surface area contributed by atoms with Crippen molar-refractivity contribution in [3.05, 3.63) is 5.82 Å². The van der Waals surface area contributed by atoms with E-state index in [-0.39, 0.29) is 6.10 Å². The minimum Gasteiger partial charge on any atom is -0.391 e. The monoisotopic (exact) mass is 213 g/mol. The zero-order chi connectivity index (χ0) is 9.97. The van der Waals surface area contributed by atoms with Crippen LogP contribution in [0.3, 0.4) is 0 Å². The summed E-state index contributed by atoms with van der Waals surface area (Å²) in [5.74, 6) is 0.939. The van der Waals surface area contributed by atoms with Crippen LogP contribution in [0.25, 0.3) is 0 Å². The van der Waals surface area contributed by atoms with Gasteiger partial charge in [0.2, 0.25) is 5.13 Å². The zero-order valence-electron chi connectivity index (χ0n) is 8.31. The van der Waals surface area contributed by atoms with Crippen LogP contribution in [-0.2, 0) is 6.42 Å². The van der Waals surface area contributed by atoms with Crippen LogP contribution < -0.4 is 4.90 Å². The third-order valence-electron chi connectivity index (χ3n) is 2.36. The maximum absolute atomic E-state index is 9.39. The Kier molecular flexibility index (Phi) is 2.98. The molecule has 78 valence electrons. The summed E-state index contributed by atoms with van der Waals surface area (Å²) in [5, 5.41) is 10.3. The van der Waals surface area contributed by atoms with E-state index >= 15 is 0 Å². The van der Waals surface area contributed by atoms with Gasteiger partial charge < -0.3 is 10.0 Å². The second-order valence-electron chi connectivity index (χ2n) is 3.63. The van der Waals surface area contributed by atoms with Crippen molar-refractivity contribution in [2.45, 2.75) is 32.3 Å². The van der Waals surface area contributed by atoms with E-state index in [0.717, 1.165) is 36.8 Å². The van der Waals surface area contributed by atoms with E-state index in [1.165, 1.54) is 11.5 Å². The van der Waals surface area contributed by atoms with Crippen LogP contribution in [0, 0.1) is 0 Å². The van der Waals surface area contributed by atoms with Crippen molar-refractivity contribution >= 4 is 16.7 Å². The van der Waals surface area contributed by atoms with E-state index < -0.39 is 0 Å². The largest absolute Gasteiger partial charge is 0.391 e. The molecule has 5 heteroatoms. The van der Waals surface area contributed by atoms with Crippen LogP contribution in [0.15, 0.2) is 0 Å². The molecule has 0 unspecified atom stereocenters. The molecule has 1 aromatic heterocycles. The van der Waals surface area contributed by atoms with E-state index in [4.69, 9.17) is 0 Å². The number of rotatable bonds is 3. The molecule has 2 heterocycles. The second kappa shape index (κ2) is 4.23. The van der Waals surface area contributed by atoms with E-state index in [1.54, 1.807) is 0 Å². The average Bonchev–Trinajstić information content (AvgIpc) is 2.74. The molecule has 1 saturated heterocycles. The Labute approximate surface area is 87.8 Å². The van der Waals surface area contributed by atoms with Crippen LogP contribution in [-0.4, -0.2) is 33.7 Å². The van der Waals surface area contributed by atoms with Gasteiger partial charge in [0.15, 0.2) is 0 Å². The van der Waals surface area contributed by atoms with Crippen molar-refractivity contribution in [2.75, 3.05) is 18.0 Å². The van der Waals surface area contributed by atoms with Gasteiger partial charge in [0.25, 0.3) is 0 Å². The minimum atomic E-state index is -0.187. The highest BCUT2D eigenvalue weighted by Gasteiger charge is 2.22. The second-order valence-corrected chi connectivity index (χ2v) is 4.36. The minimum absolute atomic E-state index is 0.187. The topological polar surface area (TPSA) is 49.2 Å². The summed E-state index contributed by atoms with van der Waals surface area (Å²) in [4.78, 5) is 6.55. The van der Waals surface area contributed by atoms with Gasteiger partial charge in [0.05, 0.1) is 6.10 Å². The fourth-order valence-electron chi connectivity index (χ4n) is 1.61. The first-order chi connectivity index (χ1) is 6.79. The fraction of sp³-hybridized carbons (Fsp3) is 0.778. The van der Waals surface area contributed by atoms with Gasteiger partial charge in [0.1, 0.15) is 5.82 Å². The summed E-state index contributed by atoms with van der Waals surface area (Å²) in [6, 6.07) is 0. The van der Waals surface area contributed by atoms with Gasteiger partial charge >= 0.3 is 0 Å². The highest BCUT2D eigenvalue weighted by molar-refractivity contribution is 7.09. The molecule has 1 aliphatic rings. The van der Waals surface area contributed by atoms with Crippen molar-refractivity contribution in [2.24, 2.45) is 0 Å². The molecule has 0 saturated carbocycles. The SMILES string of the molecule is CCCc1nsc(N2CC[C@H](O)C2)n1. The molecule has 0 radical (unpaired) electrons. The van der Waals surface area contributed by atoms with Crippen molar-refractivity contribution in [3.63, 3.8) is 0 Å². The van der Waals surface area contributed by atoms with E-state index in [9.17, 15) is 5.11 Å². The first-order valence-corrected chi connectivity index (χ1v) is 5.82. The molecule has 0 spiro atoms. The molecular formula is C9H15N3OS. The third kappa shape index (κ3) is 2.04. The summed E-state index contributed by atoms with van der Waals surface area (Å²) >= 11 is 1.44. The Bertz CT molecular complexity index is 302. The van der Waals surface area contributed by atoms with Crippen LogP contribution in [0.1, 0.15) is 25.6 Å². The molecule has 0 aromatic carbocycles. The Hall–Kier alpha value is -0.680. The summed E-state index contributed by atoms with van der Waals surface area (Å²) in [5.41, 5.74) is 0. The highest BCUT2D eigenvalue weighted by Crippen LogP contribution is 2.22. The third-order valence-corrected chi connectivity index (χ3v) is 3.18. The number of aliphatic hydroxyl groups is 1. The Morgan fingerprint density at radius 3 is 3.14 bits per heavy atom. The lowest BCUT2D eigenvalue weighted by Gasteiger charge is -2.11. The van der Waals surface area contributed by atoms with Crippen LogP contribution >= 0.6 is 11.5 Å². The average molecular weight is 213 g/mol. The summed E-state index contributed by atoms with van der Waals surface area (Å²) < 4.78 is 4.28. The van der Waals surface area contributed by atoms with Crippen molar-refractivity contribution in [1.82, 2.24) is 9.36 Å². The van der Waals surface area contributed by atoms with Crippen LogP contribution in [0.5, 0.6) is 0 Å². The van der Waals surface area contributed by atoms with Gasteiger partial charge in [-0.1, -0.05) is 6.92 Å². The Balaban J connectivity index is 2.02. The van der Waals surface area contributed by atoms with Crippen molar-refractivity contribution < 1.29 is 5.11 Å². The van der Waals surface area contributed by atoms with Gasteiger partial charge in [-0.3, -0.25) is 0 Å². The first kappa shape index (κ1) is 9.86. The molecule has 0 aliphatic carbocycles. The van der Waals surface area contributed by atoms with E-state index in [2.05, 4.69) is 21.2 Å². The standard InChI is InChI=1S/C9H15N3OS/c1-2-3-8-10-9(14-11-8)12-5-4-7(13)6-12/h7,13H,2-6H2,1H3/t7-/m0/s1. The van der Waals surface area contributed by atoms with Crippen LogP contribution in [0.2, 0.25) is 0 Å². The number of β-amino-alcohol motifs (C(OH)–C–C–N with tert-alkyl or cyclic N) is 1. The number of hydrogen-bond donors (Lipinski definition) is 1. The number of hydrogen-bond acceptors (Lipinski definition) is 5. The molecule has 0 bridgehead atoms. The first-order valence-electron chi connectivity index (χ1n) is 5.05. The maximum Gasteiger partial charge on any atom is 0.205 e. The Morgan fingerprint density at radius 2 is 2.50 bits per heavy atom. The highest BCUT2D eigenvalue weighted by atomic mass is 32.1. The molecule has 1 aromatic rings. The molecule has 1 aliphatic heterocycles. The number of nitrogens with zero attached hydrogens (tertiary/aromatic N) is 3. The molecule has 1 atom stereocenters. The van der Waals surface area contributed by atoms with Crippen molar-refractivity contribution in [3.8, 4) is 0 Å². The van der Waals surface area contributed by atoms with E-state index in [1.807, 2.05) is 0 Å². The number of aryl methyl sites for hydroxylation is 1.